The molecule has 3 heteroatoms. The number of amides is 1. The normalized spacial score (nSPS) is 12.2. The van der Waals surface area contributed by atoms with Gasteiger partial charge in [-0.25, -0.2) is 0 Å². The Bertz CT molecular complexity index is 350. The van der Waals surface area contributed by atoms with Crippen LogP contribution in [0.1, 0.15) is 35.7 Å². The number of aliphatic hydroxyl groups excluding tert-OH is 1. The van der Waals surface area contributed by atoms with Gasteiger partial charge < -0.3 is 10.4 Å². The standard InChI is InChI=1S/C13H19NO2/c1-10-6-3-4-8-12(10)13(16)14-11(2)7-5-9-15/h3-4,6,8,11,15H,5,7,9H2,1-2H3,(H,14,16). The van der Waals surface area contributed by atoms with E-state index in [1.165, 1.54) is 0 Å². The van der Waals surface area contributed by atoms with Crippen molar-refractivity contribution in [3.8, 4) is 0 Å². The second kappa shape index (κ2) is 6.28. The number of carbonyl (C=O) groups excluding carboxylic acids is 1. The maximum absolute atomic E-state index is 11.9. The molecule has 1 atom stereocenters. The summed E-state index contributed by atoms with van der Waals surface area (Å²) in [6, 6.07) is 7.62. The quantitative estimate of drug-likeness (QED) is 0.797. The Labute approximate surface area is 96.5 Å². The highest BCUT2D eigenvalue weighted by molar-refractivity contribution is 5.95. The maximum atomic E-state index is 11.9. The van der Waals surface area contributed by atoms with Crippen molar-refractivity contribution in [1.82, 2.24) is 5.32 Å². The largest absolute Gasteiger partial charge is 0.396 e. The summed E-state index contributed by atoms with van der Waals surface area (Å²) >= 11 is 0. The van der Waals surface area contributed by atoms with E-state index in [1.807, 2.05) is 38.1 Å². The first kappa shape index (κ1) is 12.7. The van der Waals surface area contributed by atoms with E-state index in [-0.39, 0.29) is 18.6 Å². The van der Waals surface area contributed by atoms with E-state index in [0.717, 1.165) is 24.0 Å². The monoisotopic (exact) mass is 221 g/mol. The highest BCUT2D eigenvalue weighted by Gasteiger charge is 2.10. The van der Waals surface area contributed by atoms with Crippen LogP contribution in [0.25, 0.3) is 0 Å². The molecular formula is C13H19NO2. The van der Waals surface area contributed by atoms with Crippen LogP contribution >= 0.6 is 0 Å². The predicted molar refractivity (Wildman–Crippen MR) is 64.4 cm³/mol. The topological polar surface area (TPSA) is 49.3 Å². The summed E-state index contributed by atoms with van der Waals surface area (Å²) in [6.45, 7) is 4.05. The van der Waals surface area contributed by atoms with Crippen LogP contribution in [-0.4, -0.2) is 23.7 Å². The van der Waals surface area contributed by atoms with Crippen LogP contribution in [-0.2, 0) is 0 Å². The Morgan fingerprint density at radius 2 is 2.12 bits per heavy atom. The van der Waals surface area contributed by atoms with Crippen LogP contribution in [0.2, 0.25) is 0 Å². The number of rotatable bonds is 5. The van der Waals surface area contributed by atoms with E-state index < -0.39 is 0 Å². The zero-order valence-electron chi connectivity index (χ0n) is 9.86. The lowest BCUT2D eigenvalue weighted by atomic mass is 10.1. The third-order valence-corrected chi connectivity index (χ3v) is 2.56. The van der Waals surface area contributed by atoms with Gasteiger partial charge in [0.2, 0.25) is 0 Å². The molecule has 88 valence electrons. The zero-order valence-corrected chi connectivity index (χ0v) is 9.86. The van der Waals surface area contributed by atoms with Crippen LogP contribution in [0.5, 0.6) is 0 Å². The minimum absolute atomic E-state index is 0.0384. The summed E-state index contributed by atoms with van der Waals surface area (Å²) < 4.78 is 0. The number of aliphatic hydroxyl groups is 1. The van der Waals surface area contributed by atoms with Crippen molar-refractivity contribution in [3.05, 3.63) is 35.4 Å². The first-order chi connectivity index (χ1) is 7.65. The molecule has 0 aliphatic carbocycles. The van der Waals surface area contributed by atoms with Crippen molar-refractivity contribution >= 4 is 5.91 Å². The van der Waals surface area contributed by atoms with Crippen molar-refractivity contribution in [3.63, 3.8) is 0 Å². The first-order valence-electron chi connectivity index (χ1n) is 5.62. The summed E-state index contributed by atoms with van der Waals surface area (Å²) in [4.78, 5) is 11.9. The van der Waals surface area contributed by atoms with E-state index in [9.17, 15) is 4.79 Å². The Morgan fingerprint density at radius 1 is 1.44 bits per heavy atom. The summed E-state index contributed by atoms with van der Waals surface area (Å²) in [5.74, 6) is -0.0384. The molecule has 0 saturated carbocycles. The lowest BCUT2D eigenvalue weighted by Gasteiger charge is -2.14. The third-order valence-electron chi connectivity index (χ3n) is 2.56. The fourth-order valence-electron chi connectivity index (χ4n) is 1.60. The molecule has 0 aliphatic rings. The van der Waals surface area contributed by atoms with Gasteiger partial charge in [-0.1, -0.05) is 18.2 Å². The highest BCUT2D eigenvalue weighted by atomic mass is 16.2. The molecule has 0 spiro atoms. The molecule has 0 saturated heterocycles. The van der Waals surface area contributed by atoms with Gasteiger partial charge in [0.15, 0.2) is 0 Å². The van der Waals surface area contributed by atoms with Crippen molar-refractivity contribution in [2.75, 3.05) is 6.61 Å². The minimum atomic E-state index is -0.0384. The second-order valence-corrected chi connectivity index (χ2v) is 4.06. The Morgan fingerprint density at radius 3 is 2.75 bits per heavy atom. The Balaban J connectivity index is 2.56. The lowest BCUT2D eigenvalue weighted by Crippen LogP contribution is -2.33. The number of nitrogens with one attached hydrogen (secondary N) is 1. The van der Waals surface area contributed by atoms with E-state index >= 15 is 0 Å². The third kappa shape index (κ3) is 3.66. The minimum Gasteiger partial charge on any atom is -0.396 e. The van der Waals surface area contributed by atoms with E-state index in [2.05, 4.69) is 5.32 Å². The van der Waals surface area contributed by atoms with E-state index in [4.69, 9.17) is 5.11 Å². The number of carbonyl (C=O) groups is 1. The van der Waals surface area contributed by atoms with Crippen molar-refractivity contribution in [2.45, 2.75) is 32.7 Å². The molecule has 1 unspecified atom stereocenters. The average molecular weight is 221 g/mol. The Kier molecular flexibility index (Phi) is 4.99. The fraction of sp³-hybridized carbons (Fsp3) is 0.462. The molecule has 0 heterocycles. The zero-order chi connectivity index (χ0) is 12.0. The fourth-order valence-corrected chi connectivity index (χ4v) is 1.60. The molecule has 1 rings (SSSR count). The van der Waals surface area contributed by atoms with Gasteiger partial charge in [-0.2, -0.15) is 0 Å². The summed E-state index contributed by atoms with van der Waals surface area (Å²) in [5, 5.41) is 11.6. The van der Waals surface area contributed by atoms with Crippen LogP contribution in [0, 0.1) is 6.92 Å². The number of hydrogen-bond acceptors (Lipinski definition) is 2. The van der Waals surface area contributed by atoms with Gasteiger partial charge in [0.1, 0.15) is 0 Å². The molecule has 0 radical (unpaired) electrons. The molecular weight excluding hydrogens is 202 g/mol. The van der Waals surface area contributed by atoms with Gasteiger partial charge in [0.25, 0.3) is 5.91 Å². The molecule has 0 aromatic heterocycles. The lowest BCUT2D eigenvalue weighted by molar-refractivity contribution is 0.0936. The second-order valence-electron chi connectivity index (χ2n) is 4.06. The smallest absolute Gasteiger partial charge is 0.251 e. The van der Waals surface area contributed by atoms with Crippen LogP contribution in [0.3, 0.4) is 0 Å². The van der Waals surface area contributed by atoms with E-state index in [1.54, 1.807) is 0 Å². The molecule has 1 aromatic rings. The molecule has 0 fully saturated rings. The van der Waals surface area contributed by atoms with Crippen molar-refractivity contribution in [2.24, 2.45) is 0 Å². The van der Waals surface area contributed by atoms with Gasteiger partial charge >= 0.3 is 0 Å². The van der Waals surface area contributed by atoms with E-state index in [0.29, 0.717) is 0 Å². The summed E-state index contributed by atoms with van der Waals surface area (Å²) in [7, 11) is 0. The number of benzene rings is 1. The van der Waals surface area contributed by atoms with Gasteiger partial charge in [-0.3, -0.25) is 4.79 Å². The van der Waals surface area contributed by atoms with Crippen molar-refractivity contribution < 1.29 is 9.90 Å². The summed E-state index contributed by atoms with van der Waals surface area (Å²) in [6.07, 6.45) is 1.52. The summed E-state index contributed by atoms with van der Waals surface area (Å²) in [5.41, 5.74) is 1.70. The van der Waals surface area contributed by atoms with Gasteiger partial charge in [0.05, 0.1) is 0 Å². The first-order valence-corrected chi connectivity index (χ1v) is 5.62. The van der Waals surface area contributed by atoms with Gasteiger partial charge in [-0.15, -0.1) is 0 Å². The van der Waals surface area contributed by atoms with Crippen LogP contribution < -0.4 is 5.32 Å². The van der Waals surface area contributed by atoms with Crippen LogP contribution in [0.15, 0.2) is 24.3 Å². The molecule has 2 N–H and O–H groups in total. The van der Waals surface area contributed by atoms with Crippen LogP contribution in [0.4, 0.5) is 0 Å². The van der Waals surface area contributed by atoms with Gasteiger partial charge in [-0.05, 0) is 38.3 Å². The average Bonchev–Trinajstić information content (AvgIpc) is 2.26. The van der Waals surface area contributed by atoms with Crippen molar-refractivity contribution in [1.29, 1.82) is 0 Å². The SMILES string of the molecule is Cc1ccccc1C(=O)NC(C)CCCO. The Hall–Kier alpha value is -1.35. The molecule has 16 heavy (non-hydrogen) atoms. The number of hydrogen-bond donors (Lipinski definition) is 2. The molecule has 0 bridgehead atoms. The number of aryl methyl sites for hydroxylation is 1. The maximum Gasteiger partial charge on any atom is 0.251 e. The molecule has 3 nitrogen and oxygen atoms in total. The molecule has 1 amide bonds. The predicted octanol–water partition coefficient (Wildman–Crippen LogP) is 1.89. The molecule has 1 aromatic carbocycles. The van der Waals surface area contributed by atoms with Gasteiger partial charge in [0, 0.05) is 18.2 Å². The molecule has 0 aliphatic heterocycles. The highest BCUT2D eigenvalue weighted by Crippen LogP contribution is 2.07.